The highest BCUT2D eigenvalue weighted by atomic mass is 79.9. The van der Waals surface area contributed by atoms with Gasteiger partial charge in [-0.3, -0.25) is 4.79 Å². The maximum atomic E-state index is 12.1. The number of carbonyl (C=O) groups is 1. The second kappa shape index (κ2) is 6.68. The van der Waals surface area contributed by atoms with E-state index in [9.17, 15) is 4.79 Å². The summed E-state index contributed by atoms with van der Waals surface area (Å²) in [4.78, 5) is 12.9. The Kier molecular flexibility index (Phi) is 6.16. The van der Waals surface area contributed by atoms with Crippen LogP contribution in [0, 0.1) is 0 Å². The first-order valence-electron chi connectivity index (χ1n) is 5.31. The predicted octanol–water partition coefficient (Wildman–Crippen LogP) is 4.96. The van der Waals surface area contributed by atoms with Crippen molar-refractivity contribution in [3.63, 3.8) is 0 Å². The molecule has 96 valence electrons. The van der Waals surface area contributed by atoms with Crippen LogP contribution in [0.5, 0.6) is 0 Å². The molecule has 0 aliphatic carbocycles. The van der Waals surface area contributed by atoms with E-state index in [1.54, 1.807) is 0 Å². The van der Waals surface area contributed by atoms with Gasteiger partial charge >= 0.3 is 0 Å². The molecule has 0 unspecified atom stereocenters. The van der Waals surface area contributed by atoms with Crippen LogP contribution in [0.2, 0.25) is 0 Å². The summed E-state index contributed by atoms with van der Waals surface area (Å²) in [6.45, 7) is 4.18. The van der Waals surface area contributed by atoms with Crippen molar-refractivity contribution < 1.29 is 4.79 Å². The van der Waals surface area contributed by atoms with E-state index in [2.05, 4.69) is 67.0 Å². The molecule has 0 bridgehead atoms. The molecule has 1 aromatic heterocycles. The number of rotatable bonds is 5. The lowest BCUT2D eigenvalue weighted by atomic mass is 9.95. The summed E-state index contributed by atoms with van der Waals surface area (Å²) in [6, 6.07) is 1.84. The molecule has 1 N–H and O–H groups in total. The lowest BCUT2D eigenvalue weighted by Crippen LogP contribution is -2.48. The van der Waals surface area contributed by atoms with Crippen LogP contribution in [-0.4, -0.2) is 16.8 Å². The number of halogens is 3. The average molecular weight is 448 g/mol. The van der Waals surface area contributed by atoms with Crippen LogP contribution in [-0.2, 0) is 0 Å². The summed E-state index contributed by atoms with van der Waals surface area (Å²) in [7, 11) is 0. The Bertz CT molecular complexity index is 374. The van der Waals surface area contributed by atoms with Gasteiger partial charge in [0.25, 0.3) is 5.91 Å². The molecule has 0 radical (unpaired) electrons. The molecule has 1 aromatic rings. The lowest BCUT2D eigenvalue weighted by molar-refractivity contribution is 0.0908. The zero-order valence-electron chi connectivity index (χ0n) is 9.65. The summed E-state index contributed by atoms with van der Waals surface area (Å²) in [5, 5.41) is 3.89. The first kappa shape index (κ1) is 15.7. The molecule has 1 rings (SSSR count). The van der Waals surface area contributed by atoms with Crippen molar-refractivity contribution in [2.24, 2.45) is 0 Å². The molecule has 1 heterocycles. The van der Waals surface area contributed by atoms with E-state index in [-0.39, 0.29) is 11.4 Å². The van der Waals surface area contributed by atoms with Gasteiger partial charge in [-0.1, -0.05) is 29.8 Å². The van der Waals surface area contributed by atoms with Crippen LogP contribution in [0.1, 0.15) is 36.4 Å². The monoisotopic (exact) mass is 445 g/mol. The van der Waals surface area contributed by atoms with Gasteiger partial charge in [-0.25, -0.2) is 0 Å². The molecular weight excluding hydrogens is 434 g/mol. The second-order valence-electron chi connectivity index (χ2n) is 3.81. The van der Waals surface area contributed by atoms with Crippen molar-refractivity contribution in [3.8, 4) is 0 Å². The predicted molar refractivity (Wildman–Crippen MR) is 84.3 cm³/mol. The van der Waals surface area contributed by atoms with Crippen molar-refractivity contribution >= 4 is 65.0 Å². The Morgan fingerprint density at radius 2 is 2.00 bits per heavy atom. The van der Waals surface area contributed by atoms with Gasteiger partial charge in [-0.15, -0.1) is 11.3 Å². The highest BCUT2D eigenvalue weighted by Gasteiger charge is 2.27. The number of carbonyl (C=O) groups excluding carboxylic acids is 1. The number of nitrogens with one attached hydrogen (secondary N) is 1. The average Bonchev–Trinajstić information content (AvgIpc) is 2.67. The zero-order chi connectivity index (χ0) is 13.1. The van der Waals surface area contributed by atoms with Gasteiger partial charge in [0, 0.05) is 15.3 Å². The molecule has 0 saturated heterocycles. The Balaban J connectivity index is 2.84. The summed E-state index contributed by atoms with van der Waals surface area (Å²) < 4.78 is 1.87. The molecule has 6 heteroatoms. The third kappa shape index (κ3) is 3.78. The molecule has 0 atom stereocenters. The van der Waals surface area contributed by atoms with E-state index in [4.69, 9.17) is 0 Å². The second-order valence-corrected chi connectivity index (χ2v) is 7.59. The smallest absolute Gasteiger partial charge is 0.261 e. The topological polar surface area (TPSA) is 29.1 Å². The first-order chi connectivity index (χ1) is 7.98. The standard InChI is InChI=1S/C11H14Br3NOS/c1-3-11(4-2,6-12)15-10(16)8-5-7(13)9(14)17-8/h5H,3-4,6H2,1-2H3,(H,15,16). The number of amides is 1. The molecule has 0 aromatic carbocycles. The van der Waals surface area contributed by atoms with Crippen LogP contribution >= 0.6 is 59.1 Å². The number of alkyl halides is 1. The minimum atomic E-state index is -0.153. The summed E-state index contributed by atoms with van der Waals surface area (Å²) in [6.07, 6.45) is 1.82. The highest BCUT2D eigenvalue weighted by molar-refractivity contribution is 9.13. The third-order valence-electron chi connectivity index (χ3n) is 2.86. The molecule has 17 heavy (non-hydrogen) atoms. The summed E-state index contributed by atoms with van der Waals surface area (Å²) in [5.41, 5.74) is -0.153. The maximum Gasteiger partial charge on any atom is 0.261 e. The van der Waals surface area contributed by atoms with Gasteiger partial charge in [0.15, 0.2) is 0 Å². The van der Waals surface area contributed by atoms with Gasteiger partial charge in [0.1, 0.15) is 0 Å². The molecular formula is C11H14Br3NOS. The van der Waals surface area contributed by atoms with Gasteiger partial charge in [-0.2, -0.15) is 0 Å². The molecule has 0 aliphatic rings. The Morgan fingerprint density at radius 1 is 1.41 bits per heavy atom. The Labute approximate surface area is 131 Å². The maximum absolute atomic E-state index is 12.1. The number of thiophene rings is 1. The summed E-state index contributed by atoms with van der Waals surface area (Å²) in [5.74, 6) is -0.00968. The minimum absolute atomic E-state index is 0.00968. The van der Waals surface area contributed by atoms with Gasteiger partial charge in [0.2, 0.25) is 0 Å². The van der Waals surface area contributed by atoms with E-state index in [0.29, 0.717) is 0 Å². The van der Waals surface area contributed by atoms with Crippen LogP contribution in [0.3, 0.4) is 0 Å². The van der Waals surface area contributed by atoms with E-state index < -0.39 is 0 Å². The fourth-order valence-corrected chi connectivity index (χ4v) is 4.27. The van der Waals surface area contributed by atoms with Crippen molar-refractivity contribution in [2.75, 3.05) is 5.33 Å². The van der Waals surface area contributed by atoms with E-state index in [1.807, 2.05) is 6.07 Å². The van der Waals surface area contributed by atoms with Crippen LogP contribution in [0.4, 0.5) is 0 Å². The van der Waals surface area contributed by atoms with Gasteiger partial charge < -0.3 is 5.32 Å². The molecule has 0 fully saturated rings. The minimum Gasteiger partial charge on any atom is -0.345 e. The van der Waals surface area contributed by atoms with E-state index in [0.717, 1.165) is 31.3 Å². The fourth-order valence-electron chi connectivity index (χ4n) is 1.41. The molecule has 2 nitrogen and oxygen atoms in total. The SMILES string of the molecule is CCC(CC)(CBr)NC(=O)c1cc(Br)c(Br)s1. The zero-order valence-corrected chi connectivity index (χ0v) is 15.2. The number of hydrogen-bond acceptors (Lipinski definition) is 2. The molecule has 0 spiro atoms. The largest absolute Gasteiger partial charge is 0.345 e. The van der Waals surface area contributed by atoms with E-state index >= 15 is 0 Å². The lowest BCUT2D eigenvalue weighted by Gasteiger charge is -2.30. The summed E-state index contributed by atoms with van der Waals surface area (Å²) >= 11 is 11.7. The van der Waals surface area contributed by atoms with Crippen LogP contribution in [0.25, 0.3) is 0 Å². The first-order valence-corrected chi connectivity index (χ1v) is 8.83. The van der Waals surface area contributed by atoms with Gasteiger partial charge in [-0.05, 0) is 50.8 Å². The third-order valence-corrected chi connectivity index (χ3v) is 7.19. The van der Waals surface area contributed by atoms with E-state index in [1.165, 1.54) is 11.3 Å². The van der Waals surface area contributed by atoms with Crippen LogP contribution in [0.15, 0.2) is 14.3 Å². The van der Waals surface area contributed by atoms with Crippen molar-refractivity contribution in [2.45, 2.75) is 32.2 Å². The van der Waals surface area contributed by atoms with Crippen molar-refractivity contribution in [1.82, 2.24) is 5.32 Å². The van der Waals surface area contributed by atoms with Crippen molar-refractivity contribution in [3.05, 3.63) is 19.2 Å². The van der Waals surface area contributed by atoms with Crippen LogP contribution < -0.4 is 5.32 Å². The number of hydrogen-bond donors (Lipinski definition) is 1. The quantitative estimate of drug-likeness (QED) is 0.635. The molecule has 1 amide bonds. The Hall–Kier alpha value is 0.610. The highest BCUT2D eigenvalue weighted by Crippen LogP contribution is 2.32. The van der Waals surface area contributed by atoms with Crippen molar-refractivity contribution in [1.29, 1.82) is 0 Å². The molecule has 0 aliphatic heterocycles. The van der Waals surface area contributed by atoms with Gasteiger partial charge in [0.05, 0.1) is 8.66 Å². The molecule has 0 saturated carbocycles. The Morgan fingerprint density at radius 3 is 2.35 bits per heavy atom. The fraction of sp³-hybridized carbons (Fsp3) is 0.545. The normalized spacial score (nSPS) is 11.6.